The molecule has 21 heavy (non-hydrogen) atoms. The number of amides is 1. The molecule has 3 nitrogen and oxygen atoms in total. The molecule has 2 unspecified atom stereocenters. The summed E-state index contributed by atoms with van der Waals surface area (Å²) in [6.07, 6.45) is 5.74. The molecule has 4 heteroatoms. The van der Waals surface area contributed by atoms with Gasteiger partial charge in [0, 0.05) is 23.9 Å². The summed E-state index contributed by atoms with van der Waals surface area (Å²) in [6, 6.07) is 2.47. The minimum atomic E-state index is 0.199. The molecule has 2 fully saturated rings. The molecular formula is C17H26N2OS. The number of thiophene rings is 1. The second kappa shape index (κ2) is 6.09. The highest BCUT2D eigenvalue weighted by atomic mass is 32.1. The van der Waals surface area contributed by atoms with Crippen LogP contribution in [0.3, 0.4) is 0 Å². The largest absolute Gasteiger partial charge is 0.340 e. The first-order valence-electron chi connectivity index (χ1n) is 8.09. The lowest BCUT2D eigenvalue weighted by atomic mass is 9.65. The Hall–Kier alpha value is -0.870. The van der Waals surface area contributed by atoms with Crippen molar-refractivity contribution >= 4 is 17.2 Å². The highest BCUT2D eigenvalue weighted by Gasteiger charge is 2.41. The van der Waals surface area contributed by atoms with E-state index < -0.39 is 0 Å². The first-order valence-corrected chi connectivity index (χ1v) is 8.97. The van der Waals surface area contributed by atoms with Crippen molar-refractivity contribution in [2.24, 2.45) is 23.5 Å². The lowest BCUT2D eigenvalue weighted by molar-refractivity contribution is -0.137. The SMILES string of the molecule is Cc1ccsc1CN(C)C(=O)C1CC2CCCC(C1)C2N. The average molecular weight is 306 g/mol. The number of hydrogen-bond donors (Lipinski definition) is 1. The van der Waals surface area contributed by atoms with E-state index in [1.54, 1.807) is 11.3 Å². The van der Waals surface area contributed by atoms with Gasteiger partial charge in [-0.2, -0.15) is 0 Å². The van der Waals surface area contributed by atoms with E-state index >= 15 is 0 Å². The van der Waals surface area contributed by atoms with Crippen LogP contribution in [0.15, 0.2) is 11.4 Å². The molecule has 0 saturated heterocycles. The van der Waals surface area contributed by atoms with Crippen LogP contribution in [-0.4, -0.2) is 23.9 Å². The van der Waals surface area contributed by atoms with Gasteiger partial charge in [0.25, 0.3) is 0 Å². The number of nitrogens with zero attached hydrogens (tertiary/aromatic N) is 1. The van der Waals surface area contributed by atoms with Gasteiger partial charge >= 0.3 is 0 Å². The molecule has 2 aliphatic rings. The molecule has 116 valence electrons. The molecule has 1 aromatic rings. The Bertz CT molecular complexity index is 499. The van der Waals surface area contributed by atoms with Crippen molar-refractivity contribution in [1.29, 1.82) is 0 Å². The Morgan fingerprint density at radius 3 is 2.62 bits per heavy atom. The predicted octanol–water partition coefficient (Wildman–Crippen LogP) is 3.17. The van der Waals surface area contributed by atoms with Crippen LogP contribution in [0.4, 0.5) is 0 Å². The van der Waals surface area contributed by atoms with E-state index in [-0.39, 0.29) is 5.92 Å². The molecule has 1 aromatic heterocycles. The zero-order valence-electron chi connectivity index (χ0n) is 13.0. The zero-order chi connectivity index (χ0) is 15.0. The number of fused-ring (bicyclic) bond motifs is 2. The van der Waals surface area contributed by atoms with Crippen LogP contribution >= 0.6 is 11.3 Å². The summed E-state index contributed by atoms with van der Waals surface area (Å²) in [7, 11) is 1.95. The summed E-state index contributed by atoms with van der Waals surface area (Å²) in [5.41, 5.74) is 7.62. The number of aryl methyl sites for hydroxylation is 1. The summed E-state index contributed by atoms with van der Waals surface area (Å²) in [6.45, 7) is 2.87. The van der Waals surface area contributed by atoms with Gasteiger partial charge in [-0.05, 0) is 61.5 Å². The molecule has 2 N–H and O–H groups in total. The number of carbonyl (C=O) groups is 1. The van der Waals surface area contributed by atoms with E-state index in [2.05, 4.69) is 18.4 Å². The Morgan fingerprint density at radius 2 is 2.05 bits per heavy atom. The quantitative estimate of drug-likeness (QED) is 0.932. The molecule has 2 bridgehead atoms. The highest BCUT2D eigenvalue weighted by molar-refractivity contribution is 7.10. The molecule has 2 saturated carbocycles. The van der Waals surface area contributed by atoms with Crippen LogP contribution < -0.4 is 5.73 Å². The van der Waals surface area contributed by atoms with Gasteiger partial charge in [0.1, 0.15) is 0 Å². The van der Waals surface area contributed by atoms with Crippen LogP contribution in [0.1, 0.15) is 42.5 Å². The summed E-state index contributed by atoms with van der Waals surface area (Å²) < 4.78 is 0. The van der Waals surface area contributed by atoms with Gasteiger partial charge < -0.3 is 10.6 Å². The lowest BCUT2D eigenvalue weighted by Crippen LogP contribution is -2.49. The summed E-state index contributed by atoms with van der Waals surface area (Å²) in [5.74, 6) is 1.67. The predicted molar refractivity (Wildman–Crippen MR) is 87.1 cm³/mol. The van der Waals surface area contributed by atoms with Crippen molar-refractivity contribution in [3.05, 3.63) is 21.9 Å². The first kappa shape index (κ1) is 15.0. The summed E-state index contributed by atoms with van der Waals surface area (Å²) in [4.78, 5) is 16.0. The van der Waals surface area contributed by atoms with Crippen LogP contribution in [0.2, 0.25) is 0 Å². The Kier molecular flexibility index (Phi) is 4.36. The molecule has 0 aliphatic heterocycles. The third kappa shape index (κ3) is 3.02. The van der Waals surface area contributed by atoms with Gasteiger partial charge in [-0.15, -0.1) is 11.3 Å². The Labute approximate surface area is 131 Å². The van der Waals surface area contributed by atoms with Crippen molar-refractivity contribution in [2.45, 2.75) is 51.6 Å². The topological polar surface area (TPSA) is 46.3 Å². The molecule has 2 aliphatic carbocycles. The molecule has 0 spiro atoms. The Morgan fingerprint density at radius 1 is 1.38 bits per heavy atom. The van der Waals surface area contributed by atoms with E-state index in [1.807, 2.05) is 11.9 Å². The van der Waals surface area contributed by atoms with Crippen molar-refractivity contribution in [3.8, 4) is 0 Å². The highest BCUT2D eigenvalue weighted by Crippen LogP contribution is 2.42. The van der Waals surface area contributed by atoms with Gasteiger partial charge in [0.15, 0.2) is 0 Å². The maximum absolute atomic E-state index is 12.8. The van der Waals surface area contributed by atoms with Crippen LogP contribution in [0, 0.1) is 24.7 Å². The number of carbonyl (C=O) groups excluding carboxylic acids is 1. The van der Waals surface area contributed by atoms with Gasteiger partial charge in [0.2, 0.25) is 5.91 Å². The maximum atomic E-state index is 12.8. The standard InChI is InChI=1S/C17H26N2OS/c1-11-6-7-21-15(11)10-19(2)17(20)14-8-12-4-3-5-13(9-14)16(12)18/h6-7,12-14,16H,3-5,8-10,18H2,1-2H3. The fourth-order valence-corrected chi connectivity index (χ4v) is 5.12. The van der Waals surface area contributed by atoms with E-state index in [1.165, 1.54) is 29.7 Å². The smallest absolute Gasteiger partial charge is 0.225 e. The molecule has 0 aromatic carbocycles. The second-order valence-electron chi connectivity index (χ2n) is 6.92. The normalized spacial score (nSPS) is 32.0. The minimum Gasteiger partial charge on any atom is -0.340 e. The summed E-state index contributed by atoms with van der Waals surface area (Å²) in [5, 5.41) is 2.10. The van der Waals surface area contributed by atoms with Crippen LogP contribution in [0.25, 0.3) is 0 Å². The fraction of sp³-hybridized carbons (Fsp3) is 0.706. The van der Waals surface area contributed by atoms with E-state index in [0.29, 0.717) is 23.8 Å². The van der Waals surface area contributed by atoms with Gasteiger partial charge in [-0.25, -0.2) is 0 Å². The summed E-state index contributed by atoms with van der Waals surface area (Å²) >= 11 is 1.75. The molecule has 0 radical (unpaired) electrons. The van der Waals surface area contributed by atoms with Gasteiger partial charge in [-0.3, -0.25) is 4.79 Å². The molecule has 2 atom stereocenters. The van der Waals surface area contributed by atoms with Gasteiger partial charge in [-0.1, -0.05) is 6.42 Å². The monoisotopic (exact) mass is 306 g/mol. The van der Waals surface area contributed by atoms with Crippen molar-refractivity contribution in [2.75, 3.05) is 7.05 Å². The second-order valence-corrected chi connectivity index (χ2v) is 7.92. The van der Waals surface area contributed by atoms with Crippen LogP contribution in [-0.2, 0) is 11.3 Å². The maximum Gasteiger partial charge on any atom is 0.225 e. The molecule has 1 heterocycles. The number of rotatable bonds is 3. The molecular weight excluding hydrogens is 280 g/mol. The third-order valence-electron chi connectivity index (χ3n) is 5.49. The average Bonchev–Trinajstić information content (AvgIpc) is 2.83. The van der Waals surface area contributed by atoms with E-state index in [9.17, 15) is 4.79 Å². The minimum absolute atomic E-state index is 0.199. The fourth-order valence-electron chi connectivity index (χ4n) is 4.16. The van der Waals surface area contributed by atoms with Crippen molar-refractivity contribution in [3.63, 3.8) is 0 Å². The number of hydrogen-bond acceptors (Lipinski definition) is 3. The van der Waals surface area contributed by atoms with Crippen molar-refractivity contribution < 1.29 is 4.79 Å². The van der Waals surface area contributed by atoms with E-state index in [4.69, 9.17) is 5.73 Å². The van der Waals surface area contributed by atoms with Gasteiger partial charge in [0.05, 0.1) is 6.54 Å². The van der Waals surface area contributed by atoms with E-state index in [0.717, 1.165) is 19.4 Å². The van der Waals surface area contributed by atoms with Crippen molar-refractivity contribution in [1.82, 2.24) is 4.90 Å². The third-order valence-corrected chi connectivity index (χ3v) is 6.50. The van der Waals surface area contributed by atoms with Crippen LogP contribution in [0.5, 0.6) is 0 Å². The number of nitrogens with two attached hydrogens (primary N) is 1. The zero-order valence-corrected chi connectivity index (χ0v) is 13.9. The first-order chi connectivity index (χ1) is 10.1. The molecule has 1 amide bonds. The lowest BCUT2D eigenvalue weighted by Gasteiger charge is -2.44. The Balaban J connectivity index is 1.64. The molecule has 3 rings (SSSR count).